The van der Waals surface area contributed by atoms with Crippen molar-refractivity contribution in [2.75, 3.05) is 11.1 Å². The Bertz CT molecular complexity index is 867. The summed E-state index contributed by atoms with van der Waals surface area (Å²) < 4.78 is 1.76. The van der Waals surface area contributed by atoms with Gasteiger partial charge in [0.15, 0.2) is 8.68 Å². The maximum Gasteiger partial charge on any atom is 0.237 e. The molecule has 0 aliphatic heterocycles. The third-order valence-corrected chi connectivity index (χ3v) is 6.70. The number of para-hydroxylation sites is 1. The Morgan fingerprint density at radius 3 is 2.54 bits per heavy atom. The quantitative estimate of drug-likeness (QED) is 0.535. The summed E-state index contributed by atoms with van der Waals surface area (Å²) >= 11 is 4.64. The molecule has 0 radical (unpaired) electrons. The molecule has 0 fully saturated rings. The van der Waals surface area contributed by atoms with Gasteiger partial charge < -0.3 is 5.32 Å². The number of carbonyl (C=O) groups excluding carboxylic acids is 1. The number of hydrogen-bond donors (Lipinski definition) is 1. The average molecular weight is 402 g/mol. The molecule has 2 aromatic carbocycles. The standard InChI is InChI=1S/C19H19N3OS3/c1-3-24-18-21-22-19(26-18)25-13(2)17(23)20-16-12-8-7-11-15(16)14-9-5-4-6-10-14/h4-13H,3H2,1-2H3,(H,20,23). The Kier molecular flexibility index (Phi) is 6.71. The van der Waals surface area contributed by atoms with Crippen molar-refractivity contribution >= 4 is 46.5 Å². The Labute approximate surface area is 165 Å². The second kappa shape index (κ2) is 9.21. The van der Waals surface area contributed by atoms with Crippen LogP contribution < -0.4 is 5.32 Å². The number of benzene rings is 2. The van der Waals surface area contributed by atoms with Crippen molar-refractivity contribution in [3.05, 3.63) is 54.6 Å². The van der Waals surface area contributed by atoms with Gasteiger partial charge in [-0.15, -0.1) is 10.2 Å². The molecule has 7 heteroatoms. The van der Waals surface area contributed by atoms with Crippen LogP contribution in [0.3, 0.4) is 0 Å². The molecule has 3 rings (SSSR count). The highest BCUT2D eigenvalue weighted by Crippen LogP contribution is 2.32. The molecule has 0 aliphatic carbocycles. The van der Waals surface area contributed by atoms with Crippen molar-refractivity contribution in [1.29, 1.82) is 0 Å². The van der Waals surface area contributed by atoms with Crippen LogP contribution in [0.25, 0.3) is 11.1 Å². The molecular weight excluding hydrogens is 382 g/mol. The van der Waals surface area contributed by atoms with Crippen LogP contribution in [-0.2, 0) is 4.79 Å². The summed E-state index contributed by atoms with van der Waals surface area (Å²) in [6.07, 6.45) is 0. The molecule has 1 heterocycles. The van der Waals surface area contributed by atoms with Gasteiger partial charge in [-0.2, -0.15) is 0 Å². The van der Waals surface area contributed by atoms with E-state index in [1.165, 1.54) is 23.1 Å². The SMILES string of the molecule is CCSc1nnc(SC(C)C(=O)Nc2ccccc2-c2ccccc2)s1. The number of carbonyl (C=O) groups is 1. The molecule has 1 amide bonds. The fourth-order valence-electron chi connectivity index (χ4n) is 2.33. The zero-order valence-corrected chi connectivity index (χ0v) is 17.0. The van der Waals surface area contributed by atoms with E-state index in [1.807, 2.05) is 61.5 Å². The lowest BCUT2D eigenvalue weighted by Gasteiger charge is -2.14. The highest BCUT2D eigenvalue weighted by Gasteiger charge is 2.18. The highest BCUT2D eigenvalue weighted by molar-refractivity contribution is 8.03. The number of aromatic nitrogens is 2. The van der Waals surface area contributed by atoms with Crippen LogP contribution in [0.5, 0.6) is 0 Å². The van der Waals surface area contributed by atoms with E-state index in [0.717, 1.165) is 31.2 Å². The second-order valence-electron chi connectivity index (χ2n) is 5.43. The van der Waals surface area contributed by atoms with Gasteiger partial charge in [0.2, 0.25) is 5.91 Å². The van der Waals surface area contributed by atoms with Crippen LogP contribution in [0.15, 0.2) is 63.3 Å². The number of nitrogens with zero attached hydrogens (tertiary/aromatic N) is 2. The molecule has 3 aromatic rings. The van der Waals surface area contributed by atoms with Gasteiger partial charge in [0, 0.05) is 11.3 Å². The van der Waals surface area contributed by atoms with E-state index in [2.05, 4.69) is 22.4 Å². The summed E-state index contributed by atoms with van der Waals surface area (Å²) in [5, 5.41) is 11.1. The number of hydrogen-bond acceptors (Lipinski definition) is 6. The summed E-state index contributed by atoms with van der Waals surface area (Å²) in [6.45, 7) is 3.97. The highest BCUT2D eigenvalue weighted by atomic mass is 32.2. The van der Waals surface area contributed by atoms with Gasteiger partial charge in [-0.05, 0) is 24.3 Å². The van der Waals surface area contributed by atoms with Gasteiger partial charge in [0.05, 0.1) is 5.25 Å². The molecule has 0 saturated carbocycles. The first-order chi connectivity index (χ1) is 12.7. The van der Waals surface area contributed by atoms with Crippen LogP contribution in [-0.4, -0.2) is 27.1 Å². The molecule has 0 bridgehead atoms. The van der Waals surface area contributed by atoms with Gasteiger partial charge in [-0.25, -0.2) is 0 Å². The summed E-state index contributed by atoms with van der Waals surface area (Å²) in [7, 11) is 0. The van der Waals surface area contributed by atoms with E-state index in [0.29, 0.717) is 0 Å². The normalized spacial score (nSPS) is 11.9. The summed E-state index contributed by atoms with van der Waals surface area (Å²) in [5.41, 5.74) is 2.90. The maximum absolute atomic E-state index is 12.7. The number of thioether (sulfide) groups is 2. The van der Waals surface area contributed by atoms with Crippen molar-refractivity contribution in [1.82, 2.24) is 10.2 Å². The Morgan fingerprint density at radius 1 is 1.08 bits per heavy atom. The molecule has 1 unspecified atom stereocenters. The predicted octanol–water partition coefficient (Wildman–Crippen LogP) is 5.44. The van der Waals surface area contributed by atoms with Gasteiger partial charge in [0.1, 0.15) is 0 Å². The van der Waals surface area contributed by atoms with E-state index >= 15 is 0 Å². The van der Waals surface area contributed by atoms with Gasteiger partial charge in [0.25, 0.3) is 0 Å². The fraction of sp³-hybridized carbons (Fsp3) is 0.211. The lowest BCUT2D eigenvalue weighted by atomic mass is 10.0. The van der Waals surface area contributed by atoms with Crippen LogP contribution >= 0.6 is 34.9 Å². The minimum atomic E-state index is -0.258. The van der Waals surface area contributed by atoms with Crippen molar-refractivity contribution in [2.45, 2.75) is 27.8 Å². The minimum absolute atomic E-state index is 0.0433. The first-order valence-corrected chi connectivity index (χ1v) is 10.9. The minimum Gasteiger partial charge on any atom is -0.325 e. The summed E-state index contributed by atoms with van der Waals surface area (Å²) in [5.74, 6) is 0.921. The molecule has 4 nitrogen and oxygen atoms in total. The molecule has 1 N–H and O–H groups in total. The third kappa shape index (κ3) is 4.87. The van der Waals surface area contributed by atoms with Crippen molar-refractivity contribution in [3.8, 4) is 11.1 Å². The number of nitrogens with one attached hydrogen (secondary N) is 1. The molecule has 26 heavy (non-hydrogen) atoms. The zero-order valence-electron chi connectivity index (χ0n) is 14.5. The molecule has 1 aromatic heterocycles. The van der Waals surface area contributed by atoms with E-state index in [-0.39, 0.29) is 11.2 Å². The molecule has 0 spiro atoms. The Hall–Kier alpha value is -1.83. The monoisotopic (exact) mass is 401 g/mol. The third-order valence-electron chi connectivity index (χ3n) is 3.57. The lowest BCUT2D eigenvalue weighted by Crippen LogP contribution is -2.22. The van der Waals surface area contributed by atoms with E-state index in [1.54, 1.807) is 11.8 Å². The van der Waals surface area contributed by atoms with Crippen molar-refractivity contribution in [3.63, 3.8) is 0 Å². The molecular formula is C19H19N3OS3. The second-order valence-corrected chi connectivity index (χ2v) is 9.50. The lowest BCUT2D eigenvalue weighted by molar-refractivity contribution is -0.115. The molecule has 0 aliphatic rings. The largest absolute Gasteiger partial charge is 0.325 e. The zero-order chi connectivity index (χ0) is 18.4. The topological polar surface area (TPSA) is 54.9 Å². The van der Waals surface area contributed by atoms with Gasteiger partial charge >= 0.3 is 0 Å². The van der Waals surface area contributed by atoms with Crippen LogP contribution in [0.2, 0.25) is 0 Å². The summed E-state index contributed by atoms with van der Waals surface area (Å²) in [6, 6.07) is 17.9. The van der Waals surface area contributed by atoms with E-state index in [4.69, 9.17) is 0 Å². The van der Waals surface area contributed by atoms with Gasteiger partial charge in [-0.3, -0.25) is 4.79 Å². The summed E-state index contributed by atoms with van der Waals surface area (Å²) in [4.78, 5) is 12.7. The van der Waals surface area contributed by atoms with Crippen LogP contribution in [0, 0.1) is 0 Å². The van der Waals surface area contributed by atoms with E-state index < -0.39 is 0 Å². The van der Waals surface area contributed by atoms with E-state index in [9.17, 15) is 4.79 Å². The van der Waals surface area contributed by atoms with Crippen molar-refractivity contribution in [2.24, 2.45) is 0 Å². The molecule has 0 saturated heterocycles. The number of amides is 1. The van der Waals surface area contributed by atoms with Gasteiger partial charge in [-0.1, -0.05) is 90.3 Å². The smallest absolute Gasteiger partial charge is 0.237 e. The average Bonchev–Trinajstić information content (AvgIpc) is 3.10. The van der Waals surface area contributed by atoms with Crippen molar-refractivity contribution < 1.29 is 4.79 Å². The first-order valence-electron chi connectivity index (χ1n) is 8.25. The Morgan fingerprint density at radius 2 is 1.77 bits per heavy atom. The van der Waals surface area contributed by atoms with Crippen LogP contribution in [0.1, 0.15) is 13.8 Å². The predicted molar refractivity (Wildman–Crippen MR) is 112 cm³/mol. The fourth-order valence-corrected chi connectivity index (χ4v) is 5.39. The number of rotatable bonds is 7. The van der Waals surface area contributed by atoms with Crippen LogP contribution in [0.4, 0.5) is 5.69 Å². The maximum atomic E-state index is 12.7. The molecule has 134 valence electrons. The number of anilines is 1. The molecule has 1 atom stereocenters. The Balaban J connectivity index is 1.69. The first kappa shape index (κ1) is 18.9.